The molecule has 2 atom stereocenters. The molecule has 2 unspecified atom stereocenters. The van der Waals surface area contributed by atoms with Gasteiger partial charge in [0.1, 0.15) is 5.75 Å². The summed E-state index contributed by atoms with van der Waals surface area (Å²) in [5.41, 5.74) is 1.03. The Bertz CT molecular complexity index is 1160. The lowest BCUT2D eigenvalue weighted by Crippen LogP contribution is -2.41. The Balaban J connectivity index is 1.37. The Labute approximate surface area is 192 Å². The van der Waals surface area contributed by atoms with E-state index in [1.807, 2.05) is 64.4 Å². The van der Waals surface area contributed by atoms with Crippen LogP contribution in [0.2, 0.25) is 0 Å². The molecule has 8 nitrogen and oxygen atoms in total. The van der Waals surface area contributed by atoms with Crippen LogP contribution in [-0.2, 0) is 16.6 Å². The van der Waals surface area contributed by atoms with Crippen LogP contribution in [0.5, 0.6) is 5.75 Å². The minimum Gasteiger partial charge on any atom is -0.497 e. The summed E-state index contributed by atoms with van der Waals surface area (Å²) in [5.74, 6) is 1.88. The number of fused-ring (bicyclic) bond motifs is 1. The van der Waals surface area contributed by atoms with Crippen molar-refractivity contribution in [2.75, 3.05) is 33.3 Å². The highest BCUT2D eigenvalue weighted by molar-refractivity contribution is 5.94. The summed E-state index contributed by atoms with van der Waals surface area (Å²) in [7, 11) is 1.62. The Morgan fingerprint density at radius 3 is 2.42 bits per heavy atom. The summed E-state index contributed by atoms with van der Waals surface area (Å²) in [6.45, 7) is 3.77. The first-order chi connectivity index (χ1) is 16.0. The first kappa shape index (κ1) is 21.2. The van der Waals surface area contributed by atoms with Crippen molar-refractivity contribution >= 4 is 11.8 Å². The van der Waals surface area contributed by atoms with Crippen LogP contribution in [0.15, 0.2) is 59.1 Å². The van der Waals surface area contributed by atoms with Gasteiger partial charge in [0.05, 0.1) is 18.9 Å². The maximum Gasteiger partial charge on any atom is 0.253 e. The van der Waals surface area contributed by atoms with Gasteiger partial charge in [0, 0.05) is 37.7 Å². The number of carbonyl (C=O) groups excluding carboxylic acids is 2. The van der Waals surface area contributed by atoms with E-state index in [1.54, 1.807) is 14.0 Å². The molecule has 0 radical (unpaired) electrons. The zero-order valence-corrected chi connectivity index (χ0v) is 18.7. The monoisotopic (exact) mass is 446 g/mol. The van der Waals surface area contributed by atoms with Crippen molar-refractivity contribution < 1.29 is 18.8 Å². The van der Waals surface area contributed by atoms with Gasteiger partial charge in [-0.3, -0.25) is 9.59 Å². The number of methoxy groups -OCH3 is 1. The number of hydrogen-bond donors (Lipinski definition) is 0. The normalized spacial score (nSPS) is 21.8. The zero-order chi connectivity index (χ0) is 23.0. The summed E-state index contributed by atoms with van der Waals surface area (Å²) in [4.78, 5) is 34.5. The smallest absolute Gasteiger partial charge is 0.253 e. The Kier molecular flexibility index (Phi) is 5.36. The average molecular weight is 447 g/mol. The van der Waals surface area contributed by atoms with E-state index < -0.39 is 5.41 Å². The van der Waals surface area contributed by atoms with Crippen LogP contribution in [0.4, 0.5) is 0 Å². The highest BCUT2D eigenvalue weighted by Gasteiger charge is 2.58. The third-order valence-corrected chi connectivity index (χ3v) is 6.74. The highest BCUT2D eigenvalue weighted by Crippen LogP contribution is 2.44. The standard InChI is InChI=1S/C25H26N4O4/c1-17-26-24(33-27-17)25-15-28(22(30)12-18-8-10-21(32-2)11-9-18)13-20(25)14-29(16-25)23(31)19-6-4-3-5-7-19/h3-11,20H,12-16H2,1-2H3. The van der Waals surface area contributed by atoms with E-state index in [0.29, 0.717) is 49.9 Å². The molecule has 0 bridgehead atoms. The summed E-state index contributed by atoms with van der Waals surface area (Å²) >= 11 is 0. The molecule has 2 fully saturated rings. The lowest BCUT2D eigenvalue weighted by atomic mass is 9.81. The molecule has 33 heavy (non-hydrogen) atoms. The molecule has 3 aromatic rings. The van der Waals surface area contributed by atoms with Gasteiger partial charge in [-0.15, -0.1) is 0 Å². The van der Waals surface area contributed by atoms with Crippen molar-refractivity contribution in [1.29, 1.82) is 0 Å². The summed E-state index contributed by atoms with van der Waals surface area (Å²) in [6, 6.07) is 16.8. The lowest BCUT2D eigenvalue weighted by molar-refractivity contribution is -0.129. The van der Waals surface area contributed by atoms with E-state index in [2.05, 4.69) is 10.1 Å². The van der Waals surface area contributed by atoms with E-state index in [9.17, 15) is 9.59 Å². The third kappa shape index (κ3) is 3.86. The van der Waals surface area contributed by atoms with Crippen molar-refractivity contribution in [2.45, 2.75) is 18.8 Å². The van der Waals surface area contributed by atoms with Crippen LogP contribution < -0.4 is 4.74 Å². The number of nitrogens with zero attached hydrogens (tertiary/aromatic N) is 4. The van der Waals surface area contributed by atoms with E-state index in [-0.39, 0.29) is 17.7 Å². The van der Waals surface area contributed by atoms with Gasteiger partial charge in [-0.2, -0.15) is 4.98 Å². The maximum atomic E-state index is 13.2. The van der Waals surface area contributed by atoms with Crippen LogP contribution in [-0.4, -0.2) is 65.0 Å². The molecule has 8 heteroatoms. The fourth-order valence-electron chi connectivity index (χ4n) is 5.00. The van der Waals surface area contributed by atoms with Crippen LogP contribution in [0.25, 0.3) is 0 Å². The number of ether oxygens (including phenoxy) is 1. The SMILES string of the molecule is COc1ccc(CC(=O)N2CC3CN(C(=O)c4ccccc4)CC3(c3nc(C)no3)C2)cc1. The zero-order valence-electron chi connectivity index (χ0n) is 18.7. The van der Waals surface area contributed by atoms with E-state index in [4.69, 9.17) is 9.26 Å². The summed E-state index contributed by atoms with van der Waals surface area (Å²) < 4.78 is 10.8. The Morgan fingerprint density at radius 1 is 1.06 bits per heavy atom. The molecule has 0 aliphatic carbocycles. The number of rotatable bonds is 5. The minimum atomic E-state index is -0.554. The van der Waals surface area contributed by atoms with Crippen molar-refractivity contribution in [3.05, 3.63) is 77.4 Å². The minimum absolute atomic E-state index is 0.0169. The van der Waals surface area contributed by atoms with Gasteiger partial charge in [0.25, 0.3) is 5.91 Å². The molecule has 0 N–H and O–H groups in total. The molecule has 2 amide bonds. The predicted octanol–water partition coefficient (Wildman–Crippen LogP) is 2.48. The average Bonchev–Trinajstić information content (AvgIpc) is 3.52. The van der Waals surface area contributed by atoms with Gasteiger partial charge in [-0.25, -0.2) is 0 Å². The Hall–Kier alpha value is -3.68. The molecule has 0 saturated carbocycles. The molecular weight excluding hydrogens is 420 g/mol. The van der Waals surface area contributed by atoms with Crippen LogP contribution in [0.3, 0.4) is 0 Å². The molecule has 1 aromatic heterocycles. The van der Waals surface area contributed by atoms with Gasteiger partial charge in [-0.05, 0) is 36.8 Å². The van der Waals surface area contributed by atoms with Crippen molar-refractivity contribution in [2.24, 2.45) is 5.92 Å². The van der Waals surface area contributed by atoms with Crippen LogP contribution in [0.1, 0.15) is 27.6 Å². The van der Waals surface area contributed by atoms with Crippen LogP contribution in [0, 0.1) is 12.8 Å². The molecule has 170 valence electrons. The quantitative estimate of drug-likeness (QED) is 0.598. The van der Waals surface area contributed by atoms with Gasteiger partial charge in [0.15, 0.2) is 5.82 Å². The van der Waals surface area contributed by atoms with Gasteiger partial charge >= 0.3 is 0 Å². The van der Waals surface area contributed by atoms with E-state index in [0.717, 1.165) is 11.3 Å². The summed E-state index contributed by atoms with van der Waals surface area (Å²) in [6.07, 6.45) is 0.308. The third-order valence-electron chi connectivity index (χ3n) is 6.74. The molecule has 3 heterocycles. The van der Waals surface area contributed by atoms with E-state index in [1.165, 1.54) is 0 Å². The first-order valence-electron chi connectivity index (χ1n) is 11.0. The summed E-state index contributed by atoms with van der Waals surface area (Å²) in [5, 5.41) is 3.99. The molecule has 2 aliphatic rings. The van der Waals surface area contributed by atoms with Crippen molar-refractivity contribution in [3.8, 4) is 5.75 Å². The topological polar surface area (TPSA) is 88.8 Å². The first-order valence-corrected chi connectivity index (χ1v) is 11.0. The Morgan fingerprint density at radius 2 is 1.76 bits per heavy atom. The number of hydrogen-bond acceptors (Lipinski definition) is 6. The van der Waals surface area contributed by atoms with Gasteiger partial charge < -0.3 is 19.1 Å². The van der Waals surface area contributed by atoms with Crippen molar-refractivity contribution in [1.82, 2.24) is 19.9 Å². The molecule has 2 saturated heterocycles. The number of amides is 2. The number of benzene rings is 2. The molecule has 2 aromatic carbocycles. The molecular formula is C25H26N4O4. The maximum absolute atomic E-state index is 13.2. The molecule has 5 rings (SSSR count). The largest absolute Gasteiger partial charge is 0.497 e. The number of aromatic nitrogens is 2. The van der Waals surface area contributed by atoms with Gasteiger partial charge in [0.2, 0.25) is 11.8 Å². The van der Waals surface area contributed by atoms with E-state index >= 15 is 0 Å². The fraction of sp³-hybridized carbons (Fsp3) is 0.360. The van der Waals surface area contributed by atoms with Crippen LogP contribution >= 0.6 is 0 Å². The fourth-order valence-corrected chi connectivity index (χ4v) is 5.00. The number of likely N-dealkylation sites (tertiary alicyclic amines) is 2. The lowest BCUT2D eigenvalue weighted by Gasteiger charge is -2.26. The number of carbonyl (C=O) groups is 2. The van der Waals surface area contributed by atoms with Crippen molar-refractivity contribution in [3.63, 3.8) is 0 Å². The second kappa shape index (κ2) is 8.35. The highest BCUT2D eigenvalue weighted by atomic mass is 16.5. The second-order valence-electron chi connectivity index (χ2n) is 8.85. The van der Waals surface area contributed by atoms with Gasteiger partial charge in [-0.1, -0.05) is 35.5 Å². The predicted molar refractivity (Wildman–Crippen MR) is 120 cm³/mol. The number of aryl methyl sites for hydroxylation is 1. The second-order valence-corrected chi connectivity index (χ2v) is 8.85. The molecule has 0 spiro atoms. The molecule has 2 aliphatic heterocycles.